The van der Waals surface area contributed by atoms with Gasteiger partial charge in [-0.05, 0) is 11.6 Å². The molecule has 0 radical (unpaired) electrons. The maximum atomic E-state index is 11.1. The lowest BCUT2D eigenvalue weighted by molar-refractivity contribution is -0.135. The van der Waals surface area contributed by atoms with Gasteiger partial charge in [-0.2, -0.15) is 0 Å². The average molecular weight is 267 g/mol. The first-order valence-corrected chi connectivity index (χ1v) is 6.00. The fourth-order valence-corrected chi connectivity index (χ4v) is 1.49. The zero-order valence-corrected chi connectivity index (χ0v) is 10.4. The molecule has 0 fully saturated rings. The molecule has 1 rings (SSSR count). The van der Waals surface area contributed by atoms with Crippen molar-refractivity contribution in [3.8, 4) is 0 Å². The summed E-state index contributed by atoms with van der Waals surface area (Å²) < 4.78 is 7.19. The van der Waals surface area contributed by atoms with Crippen LogP contribution in [0.15, 0.2) is 36.4 Å². The first-order chi connectivity index (χ1) is 8.68. The van der Waals surface area contributed by atoms with Crippen LogP contribution in [0.2, 0.25) is 0 Å². The van der Waals surface area contributed by atoms with Gasteiger partial charge in [-0.25, -0.2) is 9.52 Å². The first kappa shape index (κ1) is 14.3. The third kappa shape index (κ3) is 6.72. The maximum Gasteiger partial charge on any atom is 0.382 e. The zero-order chi connectivity index (χ0) is 13.2. The van der Waals surface area contributed by atoms with Crippen LogP contribution in [0.25, 0.3) is 6.08 Å². The van der Waals surface area contributed by atoms with Crippen molar-refractivity contribution in [3.05, 3.63) is 42.0 Å². The Balaban J connectivity index is 2.15. The SMILES string of the molecule is O=C(O)CNSC(=O)OC/C=C/c1ccccc1. The summed E-state index contributed by atoms with van der Waals surface area (Å²) in [6.45, 7) is -0.144. The van der Waals surface area contributed by atoms with E-state index >= 15 is 0 Å². The molecule has 0 saturated heterocycles. The van der Waals surface area contributed by atoms with Crippen molar-refractivity contribution < 1.29 is 19.4 Å². The minimum atomic E-state index is -1.03. The van der Waals surface area contributed by atoms with Crippen molar-refractivity contribution in [2.75, 3.05) is 13.2 Å². The second-order valence-corrected chi connectivity index (χ2v) is 4.02. The Morgan fingerprint density at radius 1 is 1.33 bits per heavy atom. The molecule has 0 saturated carbocycles. The van der Waals surface area contributed by atoms with Crippen LogP contribution in [0.4, 0.5) is 4.79 Å². The summed E-state index contributed by atoms with van der Waals surface area (Å²) >= 11 is 0.625. The third-order valence-electron chi connectivity index (χ3n) is 1.79. The molecule has 0 aliphatic heterocycles. The summed E-state index contributed by atoms with van der Waals surface area (Å²) in [7, 11) is 0. The highest BCUT2D eigenvalue weighted by Crippen LogP contribution is 2.02. The van der Waals surface area contributed by atoms with E-state index in [1.807, 2.05) is 36.4 Å². The Morgan fingerprint density at radius 2 is 2.06 bits per heavy atom. The van der Waals surface area contributed by atoms with E-state index < -0.39 is 11.3 Å². The van der Waals surface area contributed by atoms with Gasteiger partial charge in [0.25, 0.3) is 0 Å². The largest absolute Gasteiger partial charge is 0.480 e. The van der Waals surface area contributed by atoms with Crippen molar-refractivity contribution in [3.63, 3.8) is 0 Å². The zero-order valence-electron chi connectivity index (χ0n) is 9.54. The lowest BCUT2D eigenvalue weighted by Crippen LogP contribution is -2.18. The van der Waals surface area contributed by atoms with Gasteiger partial charge in [0, 0.05) is 11.9 Å². The topological polar surface area (TPSA) is 75.6 Å². The number of carbonyl (C=O) groups excluding carboxylic acids is 1. The Labute approximate surface area is 109 Å². The molecule has 0 aromatic heterocycles. The van der Waals surface area contributed by atoms with Crippen LogP contribution < -0.4 is 4.72 Å². The van der Waals surface area contributed by atoms with E-state index in [-0.39, 0.29) is 13.2 Å². The minimum Gasteiger partial charge on any atom is -0.480 e. The number of carbonyl (C=O) groups is 2. The summed E-state index contributed by atoms with van der Waals surface area (Å²) in [6.07, 6.45) is 3.55. The van der Waals surface area contributed by atoms with E-state index in [0.717, 1.165) is 5.56 Å². The smallest absolute Gasteiger partial charge is 0.382 e. The summed E-state index contributed by atoms with van der Waals surface area (Å²) in [5.74, 6) is -1.03. The Bertz CT molecular complexity index is 419. The van der Waals surface area contributed by atoms with Gasteiger partial charge in [0.15, 0.2) is 0 Å². The first-order valence-electron chi connectivity index (χ1n) is 5.18. The highest BCUT2D eigenvalue weighted by Gasteiger charge is 2.03. The quantitative estimate of drug-likeness (QED) is 0.607. The van der Waals surface area contributed by atoms with Crippen LogP contribution in [0.3, 0.4) is 0 Å². The van der Waals surface area contributed by atoms with E-state index in [2.05, 4.69) is 4.72 Å². The van der Waals surface area contributed by atoms with Crippen molar-refractivity contribution in [2.24, 2.45) is 0 Å². The predicted octanol–water partition coefficient (Wildman–Crippen LogP) is 2.16. The lowest BCUT2D eigenvalue weighted by atomic mass is 10.2. The van der Waals surface area contributed by atoms with Gasteiger partial charge in [0.1, 0.15) is 13.2 Å². The molecule has 18 heavy (non-hydrogen) atoms. The second kappa shape index (κ2) is 8.32. The van der Waals surface area contributed by atoms with Crippen molar-refractivity contribution in [2.45, 2.75) is 0 Å². The van der Waals surface area contributed by atoms with Gasteiger partial charge < -0.3 is 9.84 Å². The molecule has 0 bridgehead atoms. The molecule has 0 atom stereocenters. The Hall–Kier alpha value is -1.79. The second-order valence-electron chi connectivity index (χ2n) is 3.19. The van der Waals surface area contributed by atoms with E-state index in [1.54, 1.807) is 6.08 Å². The number of carboxylic acids is 1. The van der Waals surface area contributed by atoms with E-state index in [4.69, 9.17) is 9.84 Å². The summed E-state index contributed by atoms with van der Waals surface area (Å²) in [6, 6.07) is 9.61. The van der Waals surface area contributed by atoms with E-state index in [1.165, 1.54) is 0 Å². The number of nitrogens with one attached hydrogen (secondary N) is 1. The summed E-state index contributed by atoms with van der Waals surface area (Å²) in [5, 5.41) is 7.77. The number of ether oxygens (including phenoxy) is 1. The predicted molar refractivity (Wildman–Crippen MR) is 70.1 cm³/mol. The van der Waals surface area contributed by atoms with E-state index in [0.29, 0.717) is 11.9 Å². The highest BCUT2D eigenvalue weighted by molar-refractivity contribution is 8.11. The van der Waals surface area contributed by atoms with E-state index in [9.17, 15) is 9.59 Å². The molecule has 0 unspecified atom stereocenters. The number of hydrogen-bond donors (Lipinski definition) is 2. The molecule has 0 aliphatic carbocycles. The monoisotopic (exact) mass is 267 g/mol. The minimum absolute atomic E-state index is 0.148. The number of rotatable bonds is 6. The number of aliphatic carboxylic acids is 1. The molecule has 2 N–H and O–H groups in total. The highest BCUT2D eigenvalue weighted by atomic mass is 32.2. The Kier molecular flexibility index (Phi) is 6.60. The van der Waals surface area contributed by atoms with Gasteiger partial charge in [-0.15, -0.1) is 0 Å². The molecular formula is C12H13NO4S. The molecule has 0 spiro atoms. The van der Waals surface area contributed by atoms with Gasteiger partial charge in [0.05, 0.1) is 0 Å². The number of hydrogen-bond acceptors (Lipinski definition) is 5. The normalized spacial score (nSPS) is 10.4. The maximum absolute atomic E-state index is 11.1. The Morgan fingerprint density at radius 3 is 2.72 bits per heavy atom. The van der Waals surface area contributed by atoms with Gasteiger partial charge in [-0.1, -0.05) is 36.4 Å². The van der Waals surface area contributed by atoms with Crippen molar-refractivity contribution in [1.82, 2.24) is 4.72 Å². The van der Waals surface area contributed by atoms with Crippen LogP contribution in [-0.2, 0) is 9.53 Å². The fourth-order valence-electron chi connectivity index (χ4n) is 1.05. The third-order valence-corrected chi connectivity index (χ3v) is 2.36. The van der Waals surface area contributed by atoms with Crippen molar-refractivity contribution in [1.29, 1.82) is 0 Å². The fraction of sp³-hybridized carbons (Fsp3) is 0.167. The van der Waals surface area contributed by atoms with Gasteiger partial charge >= 0.3 is 11.3 Å². The van der Waals surface area contributed by atoms with Crippen LogP contribution in [0.5, 0.6) is 0 Å². The van der Waals surface area contributed by atoms with Gasteiger partial charge in [0.2, 0.25) is 0 Å². The molecule has 0 aliphatic rings. The molecule has 1 aromatic rings. The molecule has 0 amide bonds. The van der Waals surface area contributed by atoms with Crippen LogP contribution in [-0.4, -0.2) is 29.5 Å². The molecule has 6 heteroatoms. The molecule has 96 valence electrons. The standard InChI is InChI=1S/C12H13NO4S/c14-11(15)9-13-18-12(16)17-8-4-7-10-5-2-1-3-6-10/h1-7,13H,8-9H2,(H,14,15)/b7-4+. The van der Waals surface area contributed by atoms with Crippen LogP contribution >= 0.6 is 11.9 Å². The molecule has 1 aromatic carbocycles. The van der Waals surface area contributed by atoms with Crippen LogP contribution in [0.1, 0.15) is 5.56 Å². The average Bonchev–Trinajstić information content (AvgIpc) is 2.35. The van der Waals surface area contributed by atoms with Crippen molar-refractivity contribution >= 4 is 29.3 Å². The molecule has 5 nitrogen and oxygen atoms in total. The molecule has 0 heterocycles. The molecular weight excluding hydrogens is 254 g/mol. The lowest BCUT2D eigenvalue weighted by Gasteiger charge is -2.00. The summed E-state index contributed by atoms with van der Waals surface area (Å²) in [4.78, 5) is 21.2. The van der Waals surface area contributed by atoms with Gasteiger partial charge in [-0.3, -0.25) is 4.79 Å². The summed E-state index contributed by atoms with van der Waals surface area (Å²) in [5.41, 5.74) is 1.02. The van der Waals surface area contributed by atoms with Crippen LogP contribution in [0, 0.1) is 0 Å². The number of carboxylic acid groups (broad SMARTS) is 1. The number of benzene rings is 1.